The van der Waals surface area contributed by atoms with Crippen LogP contribution in [0.1, 0.15) is 64.2 Å². The van der Waals surface area contributed by atoms with Crippen LogP contribution in [0, 0.1) is 6.92 Å². The van der Waals surface area contributed by atoms with E-state index < -0.39 is 20.0 Å². The van der Waals surface area contributed by atoms with Gasteiger partial charge in [-0.15, -0.1) is 11.8 Å². The average Bonchev–Trinajstić information content (AvgIpc) is 3.50. The van der Waals surface area contributed by atoms with Gasteiger partial charge in [0.25, 0.3) is 10.0 Å². The molecular weight excluding hydrogens is 655 g/mol. The van der Waals surface area contributed by atoms with E-state index in [-0.39, 0.29) is 4.90 Å². The fourth-order valence-corrected chi connectivity index (χ4v) is 9.32. The maximum Gasteiger partial charge on any atom is 0.262 e. The van der Waals surface area contributed by atoms with Gasteiger partial charge in [-0.05, 0) is 64.9 Å². The third kappa shape index (κ3) is 6.49. The lowest BCUT2D eigenvalue weighted by atomic mass is 9.84. The Labute approximate surface area is 299 Å². The van der Waals surface area contributed by atoms with E-state index in [1.807, 2.05) is 61.5 Å². The highest BCUT2D eigenvalue weighted by atomic mass is 32.2. The third-order valence-electron chi connectivity index (χ3n) is 9.17. The van der Waals surface area contributed by atoms with Crippen LogP contribution in [0.15, 0.2) is 173 Å². The van der Waals surface area contributed by atoms with Gasteiger partial charge in [-0.3, -0.25) is 4.72 Å². The van der Waals surface area contributed by atoms with Crippen molar-refractivity contribution in [1.82, 2.24) is 0 Å². The summed E-state index contributed by atoms with van der Waals surface area (Å²) in [5, 5.41) is 0.257. The first kappa shape index (κ1) is 33.5. The van der Waals surface area contributed by atoms with Gasteiger partial charge in [0, 0.05) is 5.39 Å². The fraction of sp³-hybridized carbons (Fsp3) is 0.136. The van der Waals surface area contributed by atoms with Crippen LogP contribution in [0.5, 0.6) is 0 Å². The molecule has 0 aliphatic rings. The van der Waals surface area contributed by atoms with Gasteiger partial charge in [0.1, 0.15) is 11.3 Å². The molecule has 6 heteroatoms. The number of fused-ring (bicyclic) bond motifs is 1. The smallest absolute Gasteiger partial charge is 0.262 e. The molecule has 50 heavy (non-hydrogen) atoms. The van der Waals surface area contributed by atoms with Crippen LogP contribution in [-0.4, -0.2) is 8.42 Å². The van der Waals surface area contributed by atoms with Crippen LogP contribution >= 0.6 is 11.8 Å². The normalized spacial score (nSPS) is 12.6. The Morgan fingerprint density at radius 3 is 1.60 bits per heavy atom. The number of hydrogen-bond acceptors (Lipinski definition) is 4. The summed E-state index contributed by atoms with van der Waals surface area (Å²) in [6, 6.07) is 54.8. The predicted octanol–water partition coefficient (Wildman–Crippen LogP) is 11.5. The standard InChI is InChI=1S/C44H39NO3S2/c1-31(2)33-25-27-34(28-26-33)43(42-41(39-21-13-14-22-40(39)48-42)45-50(46,47)38-29-23-32(3)24-30-38)49-44(35-15-7-4-8-16-35,36-17-9-5-10-18-36)37-19-11-6-12-20-37/h4-31,43,45H,1-3H3/t43-/m1/s1. The maximum atomic E-state index is 14.1. The molecule has 0 radical (unpaired) electrons. The second-order valence-electron chi connectivity index (χ2n) is 12.9. The predicted molar refractivity (Wildman–Crippen MR) is 207 cm³/mol. The molecule has 250 valence electrons. The van der Waals surface area contributed by atoms with E-state index in [1.54, 1.807) is 23.9 Å². The monoisotopic (exact) mass is 693 g/mol. The minimum absolute atomic E-state index is 0.192. The van der Waals surface area contributed by atoms with Crippen molar-refractivity contribution in [3.05, 3.63) is 203 Å². The van der Waals surface area contributed by atoms with E-state index >= 15 is 0 Å². The maximum absolute atomic E-state index is 14.1. The molecule has 4 nitrogen and oxygen atoms in total. The Kier molecular flexibility index (Phi) is 9.41. The zero-order chi connectivity index (χ0) is 34.7. The van der Waals surface area contributed by atoms with Crippen molar-refractivity contribution in [2.75, 3.05) is 4.72 Å². The molecule has 7 rings (SSSR count). The van der Waals surface area contributed by atoms with Gasteiger partial charge in [-0.2, -0.15) is 0 Å². The molecular formula is C44H39NO3S2. The Balaban J connectivity index is 1.50. The van der Waals surface area contributed by atoms with E-state index in [0.29, 0.717) is 28.3 Å². The number of aryl methyl sites for hydroxylation is 1. The Morgan fingerprint density at radius 2 is 1.08 bits per heavy atom. The fourth-order valence-electron chi connectivity index (χ4n) is 6.49. The van der Waals surface area contributed by atoms with Crippen LogP contribution in [0.3, 0.4) is 0 Å². The van der Waals surface area contributed by atoms with E-state index in [0.717, 1.165) is 27.8 Å². The molecule has 1 aromatic heterocycles. The topological polar surface area (TPSA) is 59.3 Å². The summed E-state index contributed by atoms with van der Waals surface area (Å²) in [7, 11) is -3.97. The van der Waals surface area contributed by atoms with Crippen molar-refractivity contribution < 1.29 is 12.8 Å². The second kappa shape index (κ2) is 14.1. The number of nitrogens with one attached hydrogen (secondary N) is 1. The van der Waals surface area contributed by atoms with E-state index in [1.165, 1.54) is 5.56 Å². The Bertz CT molecular complexity index is 2200. The molecule has 1 atom stereocenters. The zero-order valence-corrected chi connectivity index (χ0v) is 29.9. The number of hydrogen-bond donors (Lipinski definition) is 1. The minimum Gasteiger partial charge on any atom is -0.457 e. The first-order chi connectivity index (χ1) is 24.3. The summed E-state index contributed by atoms with van der Waals surface area (Å²) in [6.07, 6.45) is 0. The largest absolute Gasteiger partial charge is 0.457 e. The average molecular weight is 694 g/mol. The molecule has 1 heterocycles. The van der Waals surface area contributed by atoms with Crippen LogP contribution in [0.25, 0.3) is 11.0 Å². The molecule has 7 aromatic rings. The van der Waals surface area contributed by atoms with Gasteiger partial charge < -0.3 is 4.42 Å². The molecule has 0 aliphatic carbocycles. The molecule has 0 saturated carbocycles. The van der Waals surface area contributed by atoms with Crippen LogP contribution in [-0.2, 0) is 14.8 Å². The van der Waals surface area contributed by atoms with Crippen molar-refractivity contribution >= 4 is 38.4 Å². The summed E-state index contributed by atoms with van der Waals surface area (Å²) in [4.78, 5) is 0.192. The summed E-state index contributed by atoms with van der Waals surface area (Å²) in [5.41, 5.74) is 7.56. The third-order valence-corrected chi connectivity index (χ3v) is 12.3. The van der Waals surface area contributed by atoms with Gasteiger partial charge in [0.05, 0.1) is 20.6 Å². The Morgan fingerprint density at radius 1 is 0.600 bits per heavy atom. The number of rotatable bonds is 11. The highest BCUT2D eigenvalue weighted by Crippen LogP contribution is 2.57. The molecule has 0 spiro atoms. The number of furan rings is 1. The van der Waals surface area contributed by atoms with Crippen molar-refractivity contribution in [3.8, 4) is 0 Å². The first-order valence-electron chi connectivity index (χ1n) is 16.8. The lowest BCUT2D eigenvalue weighted by molar-refractivity contribution is 0.559. The summed E-state index contributed by atoms with van der Waals surface area (Å²) >= 11 is 1.74. The SMILES string of the molecule is Cc1ccc(S(=O)(=O)Nc2c([C@H](SC(c3ccccc3)(c3ccccc3)c3ccccc3)c3ccc(C(C)C)cc3)oc3ccccc23)cc1. The molecule has 0 fully saturated rings. The quantitative estimate of drug-likeness (QED) is 0.137. The summed E-state index contributed by atoms with van der Waals surface area (Å²) in [5.74, 6) is 0.895. The van der Waals surface area contributed by atoms with Crippen molar-refractivity contribution in [2.24, 2.45) is 0 Å². The zero-order valence-electron chi connectivity index (χ0n) is 28.3. The van der Waals surface area contributed by atoms with Gasteiger partial charge in [-0.1, -0.05) is 159 Å². The molecule has 0 saturated heterocycles. The lowest BCUT2D eigenvalue weighted by Gasteiger charge is -2.38. The lowest BCUT2D eigenvalue weighted by Crippen LogP contribution is -2.27. The van der Waals surface area contributed by atoms with Gasteiger partial charge in [0.2, 0.25) is 0 Å². The molecule has 6 aromatic carbocycles. The first-order valence-corrected chi connectivity index (χ1v) is 19.2. The van der Waals surface area contributed by atoms with E-state index in [2.05, 4.69) is 116 Å². The number of sulfonamides is 1. The van der Waals surface area contributed by atoms with E-state index in [9.17, 15) is 8.42 Å². The number of thioether (sulfide) groups is 1. The van der Waals surface area contributed by atoms with Crippen molar-refractivity contribution in [1.29, 1.82) is 0 Å². The number of benzene rings is 6. The van der Waals surface area contributed by atoms with Crippen molar-refractivity contribution in [2.45, 2.75) is 41.6 Å². The number of anilines is 1. The van der Waals surface area contributed by atoms with Crippen LogP contribution < -0.4 is 4.72 Å². The van der Waals surface area contributed by atoms with Gasteiger partial charge >= 0.3 is 0 Å². The molecule has 1 N–H and O–H groups in total. The minimum atomic E-state index is -3.97. The second-order valence-corrected chi connectivity index (χ2v) is 15.9. The molecule has 0 amide bonds. The van der Waals surface area contributed by atoms with Crippen molar-refractivity contribution in [3.63, 3.8) is 0 Å². The molecule has 0 unspecified atom stereocenters. The number of para-hydroxylation sites is 1. The summed E-state index contributed by atoms with van der Waals surface area (Å²) < 4.78 is 37.2. The molecule has 0 bridgehead atoms. The van der Waals surface area contributed by atoms with Crippen LogP contribution in [0.4, 0.5) is 5.69 Å². The Hall–Kier alpha value is -5.04. The van der Waals surface area contributed by atoms with Gasteiger partial charge in [-0.25, -0.2) is 8.42 Å². The van der Waals surface area contributed by atoms with Gasteiger partial charge in [0.15, 0.2) is 0 Å². The van der Waals surface area contributed by atoms with E-state index in [4.69, 9.17) is 4.42 Å². The summed E-state index contributed by atoms with van der Waals surface area (Å²) in [6.45, 7) is 6.31. The van der Waals surface area contributed by atoms with Crippen LogP contribution in [0.2, 0.25) is 0 Å². The molecule has 0 aliphatic heterocycles. The highest BCUT2D eigenvalue weighted by Gasteiger charge is 2.42. The highest BCUT2D eigenvalue weighted by molar-refractivity contribution is 8.01.